The fourth-order valence-corrected chi connectivity index (χ4v) is 0.0577. The SMILES string of the molecule is O=C(O)C(Cl)(Cl)Cl.O=C(O)C(Cl)(Cl)Cl.OCC(O)CO. The summed E-state index contributed by atoms with van der Waals surface area (Å²) in [5.41, 5.74) is 0. The number of carboxylic acid groups (broad SMARTS) is 2. The summed E-state index contributed by atoms with van der Waals surface area (Å²) in [5.74, 6) is -2.92. The van der Waals surface area contributed by atoms with Crippen LogP contribution < -0.4 is 0 Å². The Morgan fingerprint density at radius 3 is 0.950 bits per heavy atom. The molecule has 0 saturated heterocycles. The van der Waals surface area contributed by atoms with Gasteiger partial charge in [0.05, 0.1) is 13.2 Å². The number of carboxylic acids is 2. The average molecular weight is 419 g/mol. The van der Waals surface area contributed by atoms with Gasteiger partial charge in [0.2, 0.25) is 0 Å². The Bertz CT molecular complexity index is 258. The summed E-state index contributed by atoms with van der Waals surface area (Å²) in [6.07, 6.45) is -0.954. The fourth-order valence-electron chi connectivity index (χ4n) is 0.0577. The van der Waals surface area contributed by atoms with Gasteiger partial charge in [-0.25, -0.2) is 9.59 Å². The number of alkyl halides is 6. The van der Waals surface area contributed by atoms with Crippen molar-refractivity contribution in [2.45, 2.75) is 13.7 Å². The fraction of sp³-hybridized carbons (Fsp3) is 0.714. The highest BCUT2D eigenvalue weighted by atomic mass is 35.6. The molecule has 7 nitrogen and oxygen atoms in total. The van der Waals surface area contributed by atoms with Crippen LogP contribution in [0.4, 0.5) is 0 Å². The quantitative estimate of drug-likeness (QED) is 0.425. The molecule has 0 radical (unpaired) electrons. The number of aliphatic hydroxyl groups is 3. The lowest BCUT2D eigenvalue weighted by Crippen LogP contribution is -2.16. The van der Waals surface area contributed by atoms with Crippen LogP contribution in [-0.2, 0) is 9.59 Å². The summed E-state index contributed by atoms with van der Waals surface area (Å²) in [6.45, 7) is -0.729. The average Bonchev–Trinajstić information content (AvgIpc) is 2.27. The molecule has 0 rings (SSSR count). The number of rotatable bonds is 2. The van der Waals surface area contributed by atoms with Crippen LogP contribution in [0, 0.1) is 0 Å². The molecule has 0 unspecified atom stereocenters. The van der Waals surface area contributed by atoms with E-state index in [1.165, 1.54) is 0 Å². The van der Waals surface area contributed by atoms with Crippen LogP contribution in [-0.4, -0.2) is 64.4 Å². The molecule has 0 fully saturated rings. The molecule has 0 bridgehead atoms. The molecule has 13 heteroatoms. The predicted molar refractivity (Wildman–Crippen MR) is 76.0 cm³/mol. The van der Waals surface area contributed by atoms with Crippen LogP contribution in [0.3, 0.4) is 0 Å². The largest absolute Gasteiger partial charge is 0.478 e. The second-order valence-electron chi connectivity index (χ2n) is 2.62. The van der Waals surface area contributed by atoms with Crippen molar-refractivity contribution in [1.29, 1.82) is 0 Å². The topological polar surface area (TPSA) is 135 Å². The molecule has 0 atom stereocenters. The van der Waals surface area contributed by atoms with Gasteiger partial charge in [0, 0.05) is 0 Å². The monoisotopic (exact) mass is 416 g/mol. The minimum absolute atomic E-state index is 0.365. The van der Waals surface area contributed by atoms with Crippen molar-refractivity contribution in [2.24, 2.45) is 0 Å². The summed E-state index contributed by atoms with van der Waals surface area (Å²) >= 11 is 28.8. The Morgan fingerprint density at radius 2 is 0.950 bits per heavy atom. The molecule has 0 saturated carbocycles. The summed E-state index contributed by atoms with van der Waals surface area (Å²) in [7, 11) is 0. The minimum Gasteiger partial charge on any atom is -0.478 e. The first-order valence-corrected chi connectivity index (χ1v) is 6.46. The van der Waals surface area contributed by atoms with E-state index in [4.69, 9.17) is 95.1 Å². The van der Waals surface area contributed by atoms with Crippen molar-refractivity contribution in [3.63, 3.8) is 0 Å². The summed E-state index contributed by atoms with van der Waals surface area (Å²) in [5, 5.41) is 39.7. The maximum Gasteiger partial charge on any atom is 0.356 e. The van der Waals surface area contributed by atoms with Gasteiger partial charge < -0.3 is 25.5 Å². The second kappa shape index (κ2) is 12.1. The van der Waals surface area contributed by atoms with Gasteiger partial charge >= 0.3 is 11.9 Å². The molecular formula is C7H10Cl6O7. The Labute approximate surface area is 143 Å². The molecular weight excluding hydrogens is 409 g/mol. The minimum atomic E-state index is -2.17. The van der Waals surface area contributed by atoms with E-state index in [1.807, 2.05) is 0 Å². The van der Waals surface area contributed by atoms with Gasteiger partial charge in [-0.3, -0.25) is 0 Å². The zero-order valence-corrected chi connectivity index (χ0v) is 13.8. The second-order valence-corrected chi connectivity index (χ2v) is 7.19. The maximum absolute atomic E-state index is 9.62. The standard InChI is InChI=1S/C3H8O3.2C2HCl3O2/c4-1-3(6)2-5;2*3-2(4,5)1(6)7/h3-6H,1-2H2;2*(H,6,7). The van der Waals surface area contributed by atoms with Gasteiger partial charge in [0.15, 0.2) is 0 Å². The Kier molecular flexibility index (Phi) is 15.5. The number of hydrogen-bond acceptors (Lipinski definition) is 5. The van der Waals surface area contributed by atoms with Crippen molar-refractivity contribution < 1.29 is 35.1 Å². The Balaban J connectivity index is -0.000000218. The molecule has 0 spiro atoms. The molecule has 0 amide bonds. The van der Waals surface area contributed by atoms with E-state index < -0.39 is 25.6 Å². The van der Waals surface area contributed by atoms with Gasteiger partial charge in [-0.1, -0.05) is 69.6 Å². The van der Waals surface area contributed by atoms with Crippen LogP contribution in [0.2, 0.25) is 0 Å². The third-order valence-electron chi connectivity index (χ3n) is 0.906. The van der Waals surface area contributed by atoms with E-state index in [9.17, 15) is 9.59 Å². The van der Waals surface area contributed by atoms with Crippen molar-refractivity contribution in [3.8, 4) is 0 Å². The highest BCUT2D eigenvalue weighted by Gasteiger charge is 2.30. The lowest BCUT2D eigenvalue weighted by atomic mass is 10.4. The highest BCUT2D eigenvalue weighted by Crippen LogP contribution is 2.25. The Morgan fingerprint density at radius 1 is 0.800 bits per heavy atom. The molecule has 0 aliphatic carbocycles. The van der Waals surface area contributed by atoms with Crippen LogP contribution in [0.15, 0.2) is 0 Å². The molecule has 122 valence electrons. The first kappa shape index (κ1) is 25.5. The number of aliphatic hydroxyl groups excluding tert-OH is 3. The van der Waals surface area contributed by atoms with Gasteiger partial charge in [-0.05, 0) is 0 Å². The van der Waals surface area contributed by atoms with Crippen molar-refractivity contribution >= 4 is 81.5 Å². The maximum atomic E-state index is 9.62. The summed E-state index contributed by atoms with van der Waals surface area (Å²) < 4.78 is -4.33. The highest BCUT2D eigenvalue weighted by molar-refractivity contribution is 6.76. The lowest BCUT2D eigenvalue weighted by Gasteiger charge is -1.99. The third kappa shape index (κ3) is 20.9. The number of hydrogen-bond donors (Lipinski definition) is 5. The van der Waals surface area contributed by atoms with Gasteiger partial charge in [-0.2, -0.15) is 0 Å². The molecule has 0 aliphatic rings. The predicted octanol–water partition coefficient (Wildman–Crippen LogP) is 1.21. The van der Waals surface area contributed by atoms with Crippen molar-refractivity contribution in [2.75, 3.05) is 13.2 Å². The molecule has 0 aromatic carbocycles. The lowest BCUT2D eigenvalue weighted by molar-refractivity contribution is -0.136. The molecule has 5 N–H and O–H groups in total. The van der Waals surface area contributed by atoms with E-state index in [0.29, 0.717) is 0 Å². The van der Waals surface area contributed by atoms with Gasteiger partial charge in [-0.15, -0.1) is 0 Å². The normalized spacial score (nSPS) is 10.9. The van der Waals surface area contributed by atoms with E-state index in [1.54, 1.807) is 0 Å². The van der Waals surface area contributed by atoms with Crippen LogP contribution in [0.5, 0.6) is 0 Å². The molecule has 0 aliphatic heterocycles. The molecule has 0 aromatic rings. The molecule has 20 heavy (non-hydrogen) atoms. The first-order chi connectivity index (χ1) is 8.69. The van der Waals surface area contributed by atoms with E-state index in [-0.39, 0.29) is 13.2 Å². The van der Waals surface area contributed by atoms with E-state index >= 15 is 0 Å². The third-order valence-corrected chi connectivity index (χ3v) is 1.88. The van der Waals surface area contributed by atoms with Crippen LogP contribution in [0.25, 0.3) is 0 Å². The summed E-state index contributed by atoms with van der Waals surface area (Å²) in [6, 6.07) is 0. The first-order valence-electron chi connectivity index (χ1n) is 4.20. The van der Waals surface area contributed by atoms with Gasteiger partial charge in [0.25, 0.3) is 7.59 Å². The zero-order valence-electron chi connectivity index (χ0n) is 9.31. The van der Waals surface area contributed by atoms with Crippen molar-refractivity contribution in [1.82, 2.24) is 0 Å². The smallest absolute Gasteiger partial charge is 0.356 e. The number of aliphatic carboxylic acids is 2. The number of halogens is 6. The van der Waals surface area contributed by atoms with E-state index in [2.05, 4.69) is 0 Å². The number of carbonyl (C=O) groups is 2. The molecule has 0 aromatic heterocycles. The van der Waals surface area contributed by atoms with Crippen LogP contribution in [0.1, 0.15) is 0 Å². The van der Waals surface area contributed by atoms with Crippen molar-refractivity contribution in [3.05, 3.63) is 0 Å². The Hall–Kier alpha value is 0.560. The van der Waals surface area contributed by atoms with Gasteiger partial charge in [0.1, 0.15) is 6.10 Å². The molecule has 0 heterocycles. The summed E-state index contributed by atoms with van der Waals surface area (Å²) in [4.78, 5) is 19.2. The van der Waals surface area contributed by atoms with E-state index in [0.717, 1.165) is 0 Å². The zero-order chi connectivity index (χ0) is 17.1. The van der Waals surface area contributed by atoms with Crippen LogP contribution >= 0.6 is 69.6 Å².